The first-order valence-electron chi connectivity index (χ1n) is 5.50. The molecule has 0 aliphatic carbocycles. The molecule has 4 heteroatoms. The van der Waals surface area contributed by atoms with Crippen molar-refractivity contribution < 1.29 is 13.9 Å². The minimum atomic E-state index is -1.24. The molecule has 1 saturated heterocycles. The van der Waals surface area contributed by atoms with Crippen LogP contribution in [0.25, 0.3) is 0 Å². The van der Waals surface area contributed by atoms with Gasteiger partial charge < -0.3 is 10.4 Å². The predicted octanol–water partition coefficient (Wildman–Crippen LogP) is 1.93. The van der Waals surface area contributed by atoms with E-state index in [0.29, 0.717) is 19.4 Å². The molecule has 1 aromatic carbocycles. The van der Waals surface area contributed by atoms with E-state index in [2.05, 4.69) is 5.32 Å². The molecular weight excluding hydrogens is 212 g/mol. The molecule has 1 aromatic rings. The molecule has 0 radical (unpaired) electrons. The normalized spacial score (nSPS) is 26.4. The summed E-state index contributed by atoms with van der Waals surface area (Å²) in [6.07, 6.45) is 1.63. The highest BCUT2D eigenvalue weighted by molar-refractivity contribution is 5.25. The van der Waals surface area contributed by atoms with Crippen LogP contribution < -0.4 is 5.32 Å². The maximum Gasteiger partial charge on any atom is 0.129 e. The van der Waals surface area contributed by atoms with Gasteiger partial charge in [-0.3, -0.25) is 0 Å². The van der Waals surface area contributed by atoms with Crippen molar-refractivity contribution in [3.8, 4) is 0 Å². The van der Waals surface area contributed by atoms with E-state index in [4.69, 9.17) is 0 Å². The summed E-state index contributed by atoms with van der Waals surface area (Å²) >= 11 is 0. The minimum Gasteiger partial charge on any atom is -0.385 e. The van der Waals surface area contributed by atoms with E-state index in [1.807, 2.05) is 0 Å². The van der Waals surface area contributed by atoms with Crippen molar-refractivity contribution in [3.63, 3.8) is 0 Å². The first kappa shape index (κ1) is 11.5. The molecule has 0 saturated carbocycles. The molecule has 2 rings (SSSR count). The Kier molecular flexibility index (Phi) is 3.21. The van der Waals surface area contributed by atoms with E-state index in [0.717, 1.165) is 31.2 Å². The first-order valence-corrected chi connectivity index (χ1v) is 5.50. The number of aliphatic hydroxyl groups is 1. The SMILES string of the molecule is OC1(c2cc(F)ccc2F)CCCNCC1. The van der Waals surface area contributed by atoms with Gasteiger partial charge in [0, 0.05) is 5.56 Å². The van der Waals surface area contributed by atoms with Gasteiger partial charge in [0.25, 0.3) is 0 Å². The molecule has 1 fully saturated rings. The standard InChI is InChI=1S/C12H15F2NO/c13-9-2-3-11(14)10(8-9)12(16)4-1-6-15-7-5-12/h2-3,8,15-16H,1,4-7H2. The molecule has 0 aromatic heterocycles. The second-order valence-electron chi connectivity index (χ2n) is 4.26. The molecule has 1 aliphatic heterocycles. The number of halogens is 2. The molecule has 1 unspecified atom stereocenters. The number of nitrogens with one attached hydrogen (secondary N) is 1. The van der Waals surface area contributed by atoms with E-state index in [1.54, 1.807) is 0 Å². The largest absolute Gasteiger partial charge is 0.385 e. The Bertz CT molecular complexity index is 373. The fraction of sp³-hybridized carbons (Fsp3) is 0.500. The van der Waals surface area contributed by atoms with Gasteiger partial charge in [-0.15, -0.1) is 0 Å². The summed E-state index contributed by atoms with van der Waals surface area (Å²) in [4.78, 5) is 0. The molecule has 16 heavy (non-hydrogen) atoms. The average Bonchev–Trinajstić information content (AvgIpc) is 2.48. The Hall–Kier alpha value is -1.00. The lowest BCUT2D eigenvalue weighted by molar-refractivity contribution is 0.0202. The van der Waals surface area contributed by atoms with Gasteiger partial charge in [0.05, 0.1) is 5.60 Å². The molecule has 88 valence electrons. The van der Waals surface area contributed by atoms with Crippen molar-refractivity contribution in [3.05, 3.63) is 35.4 Å². The van der Waals surface area contributed by atoms with Gasteiger partial charge >= 0.3 is 0 Å². The van der Waals surface area contributed by atoms with Crippen molar-refractivity contribution in [1.82, 2.24) is 5.32 Å². The third kappa shape index (κ3) is 2.23. The van der Waals surface area contributed by atoms with E-state index >= 15 is 0 Å². The first-order chi connectivity index (χ1) is 7.62. The van der Waals surface area contributed by atoms with Gasteiger partial charge in [-0.2, -0.15) is 0 Å². The summed E-state index contributed by atoms with van der Waals surface area (Å²) in [6.45, 7) is 1.42. The summed E-state index contributed by atoms with van der Waals surface area (Å²) in [5, 5.41) is 13.5. The van der Waals surface area contributed by atoms with Crippen LogP contribution >= 0.6 is 0 Å². The van der Waals surface area contributed by atoms with Crippen LogP contribution in [0.4, 0.5) is 8.78 Å². The zero-order chi connectivity index (χ0) is 11.6. The minimum absolute atomic E-state index is 0.0798. The molecule has 1 aliphatic rings. The van der Waals surface area contributed by atoms with Crippen LogP contribution in [0, 0.1) is 11.6 Å². The molecule has 2 N–H and O–H groups in total. The van der Waals surface area contributed by atoms with Gasteiger partial charge in [0.1, 0.15) is 11.6 Å². The Labute approximate surface area is 93.3 Å². The molecule has 2 nitrogen and oxygen atoms in total. The lowest BCUT2D eigenvalue weighted by Gasteiger charge is -2.27. The fourth-order valence-electron chi connectivity index (χ4n) is 2.17. The average molecular weight is 227 g/mol. The van der Waals surface area contributed by atoms with Crippen molar-refractivity contribution in [2.45, 2.75) is 24.9 Å². The second-order valence-corrected chi connectivity index (χ2v) is 4.26. The number of rotatable bonds is 1. The van der Waals surface area contributed by atoms with Crippen LogP contribution in [-0.4, -0.2) is 18.2 Å². The van der Waals surface area contributed by atoms with Crippen LogP contribution in [0.1, 0.15) is 24.8 Å². The van der Waals surface area contributed by atoms with Crippen LogP contribution in [-0.2, 0) is 5.60 Å². The summed E-state index contributed by atoms with van der Waals surface area (Å²) in [5.41, 5.74) is -1.16. The Balaban J connectivity index is 2.36. The van der Waals surface area contributed by atoms with E-state index in [-0.39, 0.29) is 5.56 Å². The molecule has 0 bridgehead atoms. The lowest BCUT2D eigenvalue weighted by Crippen LogP contribution is -2.28. The molecule has 1 heterocycles. The van der Waals surface area contributed by atoms with Crippen molar-refractivity contribution >= 4 is 0 Å². The second kappa shape index (κ2) is 4.47. The summed E-state index contributed by atoms with van der Waals surface area (Å²) < 4.78 is 26.7. The highest BCUT2D eigenvalue weighted by atomic mass is 19.1. The molecule has 0 spiro atoms. The van der Waals surface area contributed by atoms with E-state index < -0.39 is 17.2 Å². The third-order valence-corrected chi connectivity index (χ3v) is 3.09. The summed E-state index contributed by atoms with van der Waals surface area (Å²) in [7, 11) is 0. The third-order valence-electron chi connectivity index (χ3n) is 3.09. The summed E-state index contributed by atoms with van der Waals surface area (Å²) in [5.74, 6) is -1.05. The Morgan fingerprint density at radius 3 is 2.81 bits per heavy atom. The van der Waals surface area contributed by atoms with Crippen LogP contribution in [0.2, 0.25) is 0 Å². The smallest absolute Gasteiger partial charge is 0.129 e. The maximum absolute atomic E-state index is 13.6. The highest BCUT2D eigenvalue weighted by Gasteiger charge is 2.32. The van der Waals surface area contributed by atoms with Crippen LogP contribution in [0.15, 0.2) is 18.2 Å². The van der Waals surface area contributed by atoms with Gasteiger partial charge in [0.15, 0.2) is 0 Å². The van der Waals surface area contributed by atoms with Crippen molar-refractivity contribution in [2.75, 3.05) is 13.1 Å². The molecule has 1 atom stereocenters. The topological polar surface area (TPSA) is 32.3 Å². The number of hydrogen-bond acceptors (Lipinski definition) is 2. The van der Waals surface area contributed by atoms with Crippen molar-refractivity contribution in [1.29, 1.82) is 0 Å². The van der Waals surface area contributed by atoms with E-state index in [1.165, 1.54) is 0 Å². The maximum atomic E-state index is 13.6. The molecule has 0 amide bonds. The van der Waals surface area contributed by atoms with Gasteiger partial charge in [-0.25, -0.2) is 8.78 Å². The zero-order valence-electron chi connectivity index (χ0n) is 8.97. The van der Waals surface area contributed by atoms with Gasteiger partial charge in [0.2, 0.25) is 0 Å². The van der Waals surface area contributed by atoms with Crippen LogP contribution in [0.5, 0.6) is 0 Å². The number of benzene rings is 1. The zero-order valence-corrected chi connectivity index (χ0v) is 8.97. The monoisotopic (exact) mass is 227 g/mol. The Morgan fingerprint density at radius 1 is 1.19 bits per heavy atom. The fourth-order valence-corrected chi connectivity index (χ4v) is 2.17. The summed E-state index contributed by atoms with van der Waals surface area (Å²) in [6, 6.07) is 3.23. The highest BCUT2D eigenvalue weighted by Crippen LogP contribution is 2.33. The van der Waals surface area contributed by atoms with Gasteiger partial charge in [-0.1, -0.05) is 0 Å². The predicted molar refractivity (Wildman–Crippen MR) is 57.0 cm³/mol. The van der Waals surface area contributed by atoms with E-state index in [9.17, 15) is 13.9 Å². The Morgan fingerprint density at radius 2 is 2.00 bits per heavy atom. The van der Waals surface area contributed by atoms with Crippen molar-refractivity contribution in [2.24, 2.45) is 0 Å². The van der Waals surface area contributed by atoms with Gasteiger partial charge in [-0.05, 0) is 50.6 Å². The quantitative estimate of drug-likeness (QED) is 0.768. The lowest BCUT2D eigenvalue weighted by atomic mass is 9.86. The van der Waals surface area contributed by atoms with Crippen LogP contribution in [0.3, 0.4) is 0 Å². The molecular formula is C12H15F2NO. The number of hydrogen-bond donors (Lipinski definition) is 2.